The van der Waals surface area contributed by atoms with Crippen molar-refractivity contribution in [3.05, 3.63) is 168 Å². The molecule has 0 amide bonds. The minimum atomic E-state index is -0.0942. The maximum atomic E-state index is 5.72. The van der Waals surface area contributed by atoms with Crippen LogP contribution in [0.15, 0.2) is 146 Å². The highest BCUT2D eigenvalue weighted by Crippen LogP contribution is 2.43. The number of fused-ring (bicyclic) bond motifs is 4. The fraction of sp³-hybridized carbons (Fsp3) is 0.267. The number of hydrogen-bond donors (Lipinski definition) is 1. The molecule has 63 heavy (non-hydrogen) atoms. The third-order valence-electron chi connectivity index (χ3n) is 12.8. The fourth-order valence-electron chi connectivity index (χ4n) is 8.71. The van der Waals surface area contributed by atoms with Crippen molar-refractivity contribution in [1.29, 1.82) is 0 Å². The maximum absolute atomic E-state index is 5.72. The van der Waals surface area contributed by atoms with Crippen molar-refractivity contribution in [2.45, 2.75) is 105 Å². The number of pyridine rings is 2. The molecular weight excluding hydrogens is 763 g/mol. The Hall–Kier alpha value is -6.32. The van der Waals surface area contributed by atoms with E-state index in [9.17, 15) is 0 Å². The molecular formula is C60H61N3. The van der Waals surface area contributed by atoms with Crippen molar-refractivity contribution < 1.29 is 0 Å². The Balaban J connectivity index is 1.36. The number of rotatable bonds is 5. The molecule has 0 unspecified atom stereocenters. The average Bonchev–Trinajstić information content (AvgIpc) is 3.63. The SMILES string of the molecule is CC(C)(C)c1cc(-c2cc(-c3cc(-c4ccccc4)cc(-c4cc5ccccc5cn4)c3)nc(-c3cc(C(C)(C)C)cc4c3[nH]c3ccc(C(C)(C)C)cc34)c2)cc(C(C)(C)C)c1. The first kappa shape index (κ1) is 42.0. The molecule has 6 aromatic carbocycles. The molecule has 0 fully saturated rings. The quantitative estimate of drug-likeness (QED) is 0.188. The second kappa shape index (κ2) is 15.2. The zero-order chi connectivity index (χ0) is 44.6. The zero-order valence-corrected chi connectivity index (χ0v) is 39.3. The normalized spacial score (nSPS) is 12.8. The lowest BCUT2D eigenvalue weighted by Crippen LogP contribution is -2.16. The van der Waals surface area contributed by atoms with Crippen LogP contribution >= 0.6 is 0 Å². The van der Waals surface area contributed by atoms with E-state index in [0.29, 0.717) is 0 Å². The molecule has 3 heteroatoms. The van der Waals surface area contributed by atoms with Gasteiger partial charge in [-0.15, -0.1) is 0 Å². The van der Waals surface area contributed by atoms with Crippen LogP contribution in [0.25, 0.3) is 88.6 Å². The Kier molecular flexibility index (Phi) is 10.1. The molecule has 0 aliphatic carbocycles. The van der Waals surface area contributed by atoms with Crippen LogP contribution in [0.1, 0.15) is 105 Å². The Morgan fingerprint density at radius 2 is 0.889 bits per heavy atom. The lowest BCUT2D eigenvalue weighted by molar-refractivity contribution is 0.569. The molecule has 0 bridgehead atoms. The summed E-state index contributed by atoms with van der Waals surface area (Å²) in [7, 11) is 0. The molecule has 0 saturated carbocycles. The minimum Gasteiger partial charge on any atom is -0.354 e. The molecule has 316 valence electrons. The molecule has 9 rings (SSSR count). The summed E-state index contributed by atoms with van der Waals surface area (Å²) < 4.78 is 0. The molecule has 0 radical (unpaired) electrons. The molecule has 0 atom stereocenters. The average molecular weight is 824 g/mol. The van der Waals surface area contributed by atoms with Gasteiger partial charge in [-0.25, -0.2) is 4.98 Å². The Morgan fingerprint density at radius 3 is 1.54 bits per heavy atom. The summed E-state index contributed by atoms with van der Waals surface area (Å²) in [6.45, 7) is 27.7. The van der Waals surface area contributed by atoms with Crippen LogP contribution in [-0.4, -0.2) is 15.0 Å². The Labute approximate surface area is 374 Å². The summed E-state index contributed by atoms with van der Waals surface area (Å²) in [6.07, 6.45) is 1.99. The summed E-state index contributed by atoms with van der Waals surface area (Å²) in [5.74, 6) is 0. The zero-order valence-electron chi connectivity index (χ0n) is 39.3. The van der Waals surface area contributed by atoms with E-state index in [0.717, 1.165) is 66.9 Å². The highest BCUT2D eigenvalue weighted by Gasteiger charge is 2.25. The smallest absolute Gasteiger partial charge is 0.0736 e. The monoisotopic (exact) mass is 823 g/mol. The first-order valence-corrected chi connectivity index (χ1v) is 22.5. The molecule has 9 aromatic rings. The first-order valence-electron chi connectivity index (χ1n) is 22.5. The molecule has 0 saturated heterocycles. The van der Waals surface area contributed by atoms with E-state index < -0.39 is 0 Å². The number of nitrogens with zero attached hydrogens (tertiary/aromatic N) is 2. The summed E-state index contributed by atoms with van der Waals surface area (Å²) in [6, 6.07) is 51.8. The maximum Gasteiger partial charge on any atom is 0.0736 e. The Bertz CT molecular complexity index is 3160. The van der Waals surface area contributed by atoms with Gasteiger partial charge in [0.15, 0.2) is 0 Å². The van der Waals surface area contributed by atoms with Crippen molar-refractivity contribution in [1.82, 2.24) is 15.0 Å². The summed E-state index contributed by atoms with van der Waals surface area (Å²) in [5, 5.41) is 4.77. The molecule has 0 spiro atoms. The van der Waals surface area contributed by atoms with E-state index in [1.807, 2.05) is 6.20 Å². The summed E-state index contributed by atoms with van der Waals surface area (Å²) >= 11 is 0. The lowest BCUT2D eigenvalue weighted by atomic mass is 9.78. The number of benzene rings is 6. The largest absolute Gasteiger partial charge is 0.354 e. The van der Waals surface area contributed by atoms with Crippen molar-refractivity contribution in [3.8, 4) is 56.0 Å². The third-order valence-corrected chi connectivity index (χ3v) is 12.8. The number of aromatic amines is 1. The van der Waals surface area contributed by atoms with E-state index >= 15 is 0 Å². The van der Waals surface area contributed by atoms with Crippen LogP contribution in [0, 0.1) is 0 Å². The van der Waals surface area contributed by atoms with Crippen molar-refractivity contribution in [3.63, 3.8) is 0 Å². The molecule has 3 aromatic heterocycles. The van der Waals surface area contributed by atoms with Crippen LogP contribution < -0.4 is 0 Å². The minimum absolute atomic E-state index is 0.0239. The van der Waals surface area contributed by atoms with E-state index in [2.05, 4.69) is 228 Å². The van der Waals surface area contributed by atoms with Crippen LogP contribution in [0.3, 0.4) is 0 Å². The topological polar surface area (TPSA) is 41.6 Å². The van der Waals surface area contributed by atoms with Gasteiger partial charge in [-0.05, 0) is 132 Å². The van der Waals surface area contributed by atoms with Gasteiger partial charge >= 0.3 is 0 Å². The molecule has 0 aliphatic heterocycles. The molecule has 3 heterocycles. The third kappa shape index (κ3) is 8.34. The number of H-pyrrole nitrogens is 1. The predicted octanol–water partition coefficient (Wildman–Crippen LogP) is 16.8. The van der Waals surface area contributed by atoms with E-state index in [-0.39, 0.29) is 21.7 Å². The van der Waals surface area contributed by atoms with Crippen LogP contribution in [-0.2, 0) is 21.7 Å². The standard InChI is InChI=1S/C60H61N3/c1-57(2,3)45-22-23-52-49(33-45)50-34-48(60(10,11)12)35-51(56(50)63-52)55-31-42(41-27-46(58(4,5)6)32-47(28-41)59(7,8)9)30-54(62-55)44-25-40(37-18-14-13-15-19-37)24-43(26-44)53-29-38-20-16-17-21-39(38)36-61-53/h13-36,63H,1-12H3. The van der Waals surface area contributed by atoms with Crippen molar-refractivity contribution in [2.75, 3.05) is 0 Å². The molecule has 0 aliphatic rings. The van der Waals surface area contributed by atoms with Gasteiger partial charge in [0.2, 0.25) is 0 Å². The second-order valence-electron chi connectivity index (χ2n) is 21.8. The van der Waals surface area contributed by atoms with Gasteiger partial charge in [0.25, 0.3) is 0 Å². The highest BCUT2D eigenvalue weighted by atomic mass is 14.8. The number of hydrogen-bond acceptors (Lipinski definition) is 2. The predicted molar refractivity (Wildman–Crippen MR) is 271 cm³/mol. The first-order chi connectivity index (χ1) is 29.7. The summed E-state index contributed by atoms with van der Waals surface area (Å²) in [4.78, 5) is 14.7. The Morgan fingerprint density at radius 1 is 0.365 bits per heavy atom. The van der Waals surface area contributed by atoms with Gasteiger partial charge in [-0.2, -0.15) is 0 Å². The van der Waals surface area contributed by atoms with Crippen molar-refractivity contribution >= 4 is 32.6 Å². The van der Waals surface area contributed by atoms with Gasteiger partial charge in [0, 0.05) is 44.6 Å². The lowest BCUT2D eigenvalue weighted by Gasteiger charge is -2.26. The fourth-order valence-corrected chi connectivity index (χ4v) is 8.71. The van der Waals surface area contributed by atoms with Gasteiger partial charge in [-0.1, -0.05) is 162 Å². The van der Waals surface area contributed by atoms with Crippen molar-refractivity contribution in [2.24, 2.45) is 0 Å². The van der Waals surface area contributed by atoms with Crippen LogP contribution in [0.2, 0.25) is 0 Å². The number of nitrogens with one attached hydrogen (secondary N) is 1. The number of aromatic nitrogens is 3. The van der Waals surface area contributed by atoms with Gasteiger partial charge in [-0.3, -0.25) is 4.98 Å². The van der Waals surface area contributed by atoms with Gasteiger partial charge in [0.05, 0.1) is 22.6 Å². The van der Waals surface area contributed by atoms with E-state index in [1.165, 1.54) is 44.0 Å². The molecule has 1 N–H and O–H groups in total. The summed E-state index contributed by atoms with van der Waals surface area (Å²) in [5.41, 5.74) is 18.0. The van der Waals surface area contributed by atoms with Gasteiger partial charge < -0.3 is 4.98 Å². The molecule has 3 nitrogen and oxygen atoms in total. The van der Waals surface area contributed by atoms with Gasteiger partial charge in [0.1, 0.15) is 0 Å². The van der Waals surface area contributed by atoms with E-state index in [4.69, 9.17) is 9.97 Å². The van der Waals surface area contributed by atoms with E-state index in [1.54, 1.807) is 0 Å². The van der Waals surface area contributed by atoms with Crippen LogP contribution in [0.4, 0.5) is 0 Å². The van der Waals surface area contributed by atoms with Crippen LogP contribution in [0.5, 0.6) is 0 Å². The second-order valence-corrected chi connectivity index (χ2v) is 21.8. The highest BCUT2D eigenvalue weighted by molar-refractivity contribution is 6.12.